The summed E-state index contributed by atoms with van der Waals surface area (Å²) in [6, 6.07) is 7.04. The summed E-state index contributed by atoms with van der Waals surface area (Å²) < 4.78 is 7.88. The maximum atomic E-state index is 6.03. The van der Waals surface area contributed by atoms with Gasteiger partial charge >= 0.3 is 0 Å². The first kappa shape index (κ1) is 14.1. The lowest BCUT2D eigenvalue weighted by molar-refractivity contribution is 0.473. The van der Waals surface area contributed by atoms with Gasteiger partial charge in [-0.3, -0.25) is 4.68 Å². The average Bonchev–Trinajstić information content (AvgIpc) is 3.23. The minimum atomic E-state index is 0.737. The molecule has 4 heteroatoms. The number of aryl methyl sites for hydroxylation is 3. The van der Waals surface area contributed by atoms with Gasteiger partial charge < -0.3 is 10.1 Å². The number of rotatable bonds is 5. The number of benzene rings is 1. The molecule has 1 fully saturated rings. The molecular weight excluding hydrogens is 262 g/mol. The lowest BCUT2D eigenvalue weighted by Gasteiger charge is -2.11. The first-order chi connectivity index (χ1) is 10.0. The van der Waals surface area contributed by atoms with Crippen molar-refractivity contribution in [1.29, 1.82) is 0 Å². The van der Waals surface area contributed by atoms with Crippen LogP contribution in [0.4, 0.5) is 0 Å². The van der Waals surface area contributed by atoms with Gasteiger partial charge in [0, 0.05) is 19.6 Å². The third-order valence-corrected chi connectivity index (χ3v) is 4.14. The summed E-state index contributed by atoms with van der Waals surface area (Å²) >= 11 is 0. The molecule has 112 valence electrons. The molecule has 0 unspecified atom stereocenters. The van der Waals surface area contributed by atoms with E-state index < -0.39 is 0 Å². The second-order valence-corrected chi connectivity index (χ2v) is 5.97. The van der Waals surface area contributed by atoms with Crippen molar-refractivity contribution in [2.24, 2.45) is 7.05 Å². The number of hydrogen-bond donors (Lipinski definition) is 1. The van der Waals surface area contributed by atoms with E-state index in [0.717, 1.165) is 35.5 Å². The predicted octanol–water partition coefficient (Wildman–Crippen LogP) is 3.39. The van der Waals surface area contributed by atoms with Gasteiger partial charge in [-0.05, 0) is 56.9 Å². The summed E-state index contributed by atoms with van der Waals surface area (Å²) in [5, 5.41) is 7.93. The highest BCUT2D eigenvalue weighted by Crippen LogP contribution is 2.29. The molecule has 0 spiro atoms. The van der Waals surface area contributed by atoms with Crippen LogP contribution >= 0.6 is 0 Å². The molecule has 1 aromatic carbocycles. The van der Waals surface area contributed by atoms with E-state index in [1.165, 1.54) is 24.0 Å². The fraction of sp³-hybridized carbons (Fsp3) is 0.471. The van der Waals surface area contributed by atoms with E-state index in [4.69, 9.17) is 4.74 Å². The van der Waals surface area contributed by atoms with Crippen molar-refractivity contribution < 1.29 is 4.74 Å². The summed E-state index contributed by atoms with van der Waals surface area (Å²) in [5.41, 5.74) is 4.57. The number of aromatic nitrogens is 2. The highest BCUT2D eigenvalue weighted by Gasteiger charge is 2.20. The molecule has 4 nitrogen and oxygen atoms in total. The molecule has 0 radical (unpaired) electrons. The van der Waals surface area contributed by atoms with Crippen molar-refractivity contribution >= 4 is 0 Å². The average molecular weight is 285 g/mol. The van der Waals surface area contributed by atoms with Crippen molar-refractivity contribution in [2.75, 3.05) is 0 Å². The van der Waals surface area contributed by atoms with Gasteiger partial charge in [0.25, 0.3) is 0 Å². The van der Waals surface area contributed by atoms with Crippen LogP contribution in [-0.2, 0) is 13.6 Å². The van der Waals surface area contributed by atoms with E-state index in [1.54, 1.807) is 0 Å². The maximum Gasteiger partial charge on any atom is 0.171 e. The van der Waals surface area contributed by atoms with Gasteiger partial charge in [-0.2, -0.15) is 5.10 Å². The van der Waals surface area contributed by atoms with Gasteiger partial charge in [0.2, 0.25) is 0 Å². The zero-order valence-corrected chi connectivity index (χ0v) is 13.2. The van der Waals surface area contributed by atoms with E-state index in [9.17, 15) is 0 Å². The van der Waals surface area contributed by atoms with Crippen LogP contribution < -0.4 is 10.1 Å². The quantitative estimate of drug-likeness (QED) is 0.915. The van der Waals surface area contributed by atoms with Crippen molar-refractivity contribution in [3.05, 3.63) is 40.7 Å². The fourth-order valence-electron chi connectivity index (χ4n) is 2.49. The van der Waals surface area contributed by atoms with Crippen LogP contribution in [0.25, 0.3) is 0 Å². The van der Waals surface area contributed by atoms with Crippen molar-refractivity contribution in [1.82, 2.24) is 15.1 Å². The molecule has 1 N–H and O–H groups in total. The Bertz CT molecular complexity index is 656. The Morgan fingerprint density at radius 2 is 2.05 bits per heavy atom. The number of nitrogens with zero attached hydrogens (tertiary/aromatic N) is 2. The SMILES string of the molecule is Cc1cc(Oc2c(C)nn(C)c2C)ccc1CNC1CC1. The summed E-state index contributed by atoms with van der Waals surface area (Å²) in [6.45, 7) is 7.08. The maximum absolute atomic E-state index is 6.03. The Balaban J connectivity index is 1.74. The van der Waals surface area contributed by atoms with Gasteiger partial charge in [-0.25, -0.2) is 0 Å². The molecule has 0 aliphatic heterocycles. The van der Waals surface area contributed by atoms with Crippen molar-refractivity contribution in [3.63, 3.8) is 0 Å². The van der Waals surface area contributed by atoms with Crippen molar-refractivity contribution in [2.45, 2.75) is 46.2 Å². The Morgan fingerprint density at radius 1 is 1.29 bits per heavy atom. The molecule has 0 amide bonds. The third kappa shape index (κ3) is 3.10. The molecule has 1 aromatic heterocycles. The van der Waals surface area contributed by atoms with E-state index in [1.807, 2.05) is 31.6 Å². The monoisotopic (exact) mass is 285 g/mol. The van der Waals surface area contributed by atoms with Crippen LogP contribution in [0, 0.1) is 20.8 Å². The minimum absolute atomic E-state index is 0.737. The van der Waals surface area contributed by atoms with Crippen LogP contribution in [0.15, 0.2) is 18.2 Å². The van der Waals surface area contributed by atoms with Gasteiger partial charge in [-0.15, -0.1) is 0 Å². The van der Waals surface area contributed by atoms with Crippen LogP contribution in [0.3, 0.4) is 0 Å². The summed E-state index contributed by atoms with van der Waals surface area (Å²) in [6.07, 6.45) is 2.64. The normalized spacial score (nSPS) is 14.5. The smallest absolute Gasteiger partial charge is 0.171 e. The van der Waals surface area contributed by atoms with E-state index in [0.29, 0.717) is 0 Å². The van der Waals surface area contributed by atoms with Gasteiger partial charge in [0.15, 0.2) is 5.75 Å². The molecule has 1 aliphatic rings. The Morgan fingerprint density at radius 3 is 2.62 bits per heavy atom. The molecule has 1 saturated carbocycles. The Labute approximate surface area is 126 Å². The zero-order chi connectivity index (χ0) is 15.0. The molecule has 1 aliphatic carbocycles. The number of ether oxygens (including phenoxy) is 1. The van der Waals surface area contributed by atoms with Crippen LogP contribution in [0.1, 0.15) is 35.4 Å². The lowest BCUT2D eigenvalue weighted by atomic mass is 10.1. The predicted molar refractivity (Wildman–Crippen MR) is 83.8 cm³/mol. The summed E-state index contributed by atoms with van der Waals surface area (Å²) in [5.74, 6) is 1.74. The van der Waals surface area contributed by atoms with Gasteiger partial charge in [-0.1, -0.05) is 6.07 Å². The largest absolute Gasteiger partial charge is 0.453 e. The van der Waals surface area contributed by atoms with E-state index >= 15 is 0 Å². The first-order valence-electron chi connectivity index (χ1n) is 7.55. The molecular formula is C17H23N3O. The zero-order valence-electron chi connectivity index (χ0n) is 13.2. The summed E-state index contributed by atoms with van der Waals surface area (Å²) in [7, 11) is 1.94. The van der Waals surface area contributed by atoms with Gasteiger partial charge in [0.05, 0.1) is 5.69 Å². The molecule has 1 heterocycles. The summed E-state index contributed by atoms with van der Waals surface area (Å²) in [4.78, 5) is 0. The first-order valence-corrected chi connectivity index (χ1v) is 7.55. The van der Waals surface area contributed by atoms with Crippen LogP contribution in [0.2, 0.25) is 0 Å². The highest BCUT2D eigenvalue weighted by atomic mass is 16.5. The third-order valence-electron chi connectivity index (χ3n) is 4.14. The topological polar surface area (TPSA) is 39.1 Å². The second kappa shape index (κ2) is 5.53. The van der Waals surface area contributed by atoms with Crippen LogP contribution in [-0.4, -0.2) is 15.8 Å². The molecule has 21 heavy (non-hydrogen) atoms. The number of nitrogens with one attached hydrogen (secondary N) is 1. The standard InChI is InChI=1S/C17H23N3O/c1-11-9-16(8-5-14(11)10-18-15-6-7-15)21-17-12(2)19-20(4)13(17)3/h5,8-9,15,18H,6-7,10H2,1-4H3. The van der Waals surface area contributed by atoms with Crippen LogP contribution in [0.5, 0.6) is 11.5 Å². The molecule has 2 aromatic rings. The minimum Gasteiger partial charge on any atom is -0.453 e. The molecule has 0 atom stereocenters. The Hall–Kier alpha value is -1.81. The molecule has 0 bridgehead atoms. The Kier molecular flexibility index (Phi) is 3.72. The fourth-order valence-corrected chi connectivity index (χ4v) is 2.49. The molecule has 0 saturated heterocycles. The molecule has 3 rings (SSSR count). The van der Waals surface area contributed by atoms with E-state index in [2.05, 4.69) is 29.5 Å². The number of hydrogen-bond acceptors (Lipinski definition) is 3. The second-order valence-electron chi connectivity index (χ2n) is 5.97. The lowest BCUT2D eigenvalue weighted by Crippen LogP contribution is -2.15. The van der Waals surface area contributed by atoms with E-state index in [-0.39, 0.29) is 0 Å². The van der Waals surface area contributed by atoms with Crippen molar-refractivity contribution in [3.8, 4) is 11.5 Å². The highest BCUT2D eigenvalue weighted by molar-refractivity contribution is 5.40. The van der Waals surface area contributed by atoms with Gasteiger partial charge in [0.1, 0.15) is 11.4 Å².